The summed E-state index contributed by atoms with van der Waals surface area (Å²) in [6, 6.07) is 4.78. The standard InChI is InChI=1S/C12H15ClINO2/c1-7(2)10(6-13)15-12(17)8-3-4-9(14)11(16)5-8/h3-5,7,10,16H,6H2,1-2H3,(H,15,17). The summed E-state index contributed by atoms with van der Waals surface area (Å²) in [5.74, 6) is 0.551. The molecule has 1 aromatic rings. The number of carbonyl (C=O) groups is 1. The molecule has 0 bridgehead atoms. The summed E-state index contributed by atoms with van der Waals surface area (Å²) in [5.41, 5.74) is 0.443. The first kappa shape index (κ1) is 14.6. The predicted molar refractivity (Wildman–Crippen MR) is 77.6 cm³/mol. The topological polar surface area (TPSA) is 49.3 Å². The number of alkyl halides is 1. The summed E-state index contributed by atoms with van der Waals surface area (Å²) in [4.78, 5) is 11.9. The molecule has 1 atom stereocenters. The van der Waals surface area contributed by atoms with Crippen LogP contribution in [0.3, 0.4) is 0 Å². The summed E-state index contributed by atoms with van der Waals surface area (Å²) in [6.45, 7) is 4.00. The molecule has 0 saturated heterocycles. The van der Waals surface area contributed by atoms with Crippen molar-refractivity contribution in [2.75, 3.05) is 5.88 Å². The number of phenols is 1. The van der Waals surface area contributed by atoms with Crippen molar-refractivity contribution in [2.24, 2.45) is 5.92 Å². The highest BCUT2D eigenvalue weighted by Gasteiger charge is 2.16. The number of rotatable bonds is 4. The Morgan fingerprint density at radius 1 is 1.53 bits per heavy atom. The van der Waals surface area contributed by atoms with Gasteiger partial charge in [0, 0.05) is 17.5 Å². The van der Waals surface area contributed by atoms with Crippen molar-refractivity contribution in [3.05, 3.63) is 27.3 Å². The average Bonchev–Trinajstić information content (AvgIpc) is 2.28. The van der Waals surface area contributed by atoms with Crippen molar-refractivity contribution in [3.8, 4) is 5.75 Å². The molecule has 2 N–H and O–H groups in total. The molecule has 0 aliphatic carbocycles. The van der Waals surface area contributed by atoms with E-state index in [4.69, 9.17) is 11.6 Å². The van der Waals surface area contributed by atoms with Crippen molar-refractivity contribution in [1.82, 2.24) is 5.32 Å². The number of hydrogen-bond acceptors (Lipinski definition) is 2. The van der Waals surface area contributed by atoms with Crippen molar-refractivity contribution in [1.29, 1.82) is 0 Å². The largest absolute Gasteiger partial charge is 0.507 e. The van der Waals surface area contributed by atoms with Crippen LogP contribution >= 0.6 is 34.2 Å². The van der Waals surface area contributed by atoms with Crippen molar-refractivity contribution >= 4 is 40.1 Å². The Bertz CT molecular complexity index is 409. The Balaban J connectivity index is 2.79. The molecule has 5 heteroatoms. The van der Waals surface area contributed by atoms with E-state index in [1.165, 1.54) is 6.07 Å². The number of phenolic OH excluding ortho intramolecular Hbond substituents is 1. The molecule has 0 radical (unpaired) electrons. The van der Waals surface area contributed by atoms with Crippen LogP contribution in [-0.2, 0) is 0 Å². The molecule has 0 aliphatic rings. The molecule has 17 heavy (non-hydrogen) atoms. The van der Waals surface area contributed by atoms with Crippen LogP contribution in [0.15, 0.2) is 18.2 Å². The Labute approximate surface area is 120 Å². The van der Waals surface area contributed by atoms with Crippen LogP contribution in [0.4, 0.5) is 0 Å². The molecule has 1 amide bonds. The molecular weight excluding hydrogens is 352 g/mol. The zero-order chi connectivity index (χ0) is 13.0. The molecular formula is C12H15ClINO2. The maximum absolute atomic E-state index is 11.9. The number of benzene rings is 1. The lowest BCUT2D eigenvalue weighted by atomic mass is 10.1. The van der Waals surface area contributed by atoms with Crippen LogP contribution in [-0.4, -0.2) is 22.9 Å². The highest BCUT2D eigenvalue weighted by atomic mass is 127. The Kier molecular flexibility index (Phi) is 5.52. The van der Waals surface area contributed by atoms with Gasteiger partial charge in [0.1, 0.15) is 5.75 Å². The second-order valence-corrected chi connectivity index (χ2v) is 5.62. The van der Waals surface area contributed by atoms with Crippen LogP contribution in [0.1, 0.15) is 24.2 Å². The molecule has 0 saturated carbocycles. The second-order valence-electron chi connectivity index (χ2n) is 4.14. The van der Waals surface area contributed by atoms with Gasteiger partial charge in [0.05, 0.1) is 3.57 Å². The lowest BCUT2D eigenvalue weighted by Crippen LogP contribution is -2.39. The third-order valence-electron chi connectivity index (χ3n) is 2.50. The summed E-state index contributed by atoms with van der Waals surface area (Å²) in [5, 5.41) is 12.4. The Hall–Kier alpha value is -0.490. The molecule has 0 heterocycles. The number of amides is 1. The minimum Gasteiger partial charge on any atom is -0.507 e. The van der Waals surface area contributed by atoms with Gasteiger partial charge < -0.3 is 10.4 Å². The van der Waals surface area contributed by atoms with Crippen molar-refractivity contribution in [2.45, 2.75) is 19.9 Å². The monoisotopic (exact) mass is 367 g/mol. The van der Waals surface area contributed by atoms with E-state index in [9.17, 15) is 9.90 Å². The fourth-order valence-corrected chi connectivity index (χ4v) is 2.06. The van der Waals surface area contributed by atoms with Crippen LogP contribution in [0.25, 0.3) is 0 Å². The summed E-state index contributed by atoms with van der Waals surface area (Å²) < 4.78 is 0.719. The van der Waals surface area contributed by atoms with Gasteiger partial charge >= 0.3 is 0 Å². The molecule has 1 aromatic carbocycles. The normalized spacial score (nSPS) is 12.5. The van der Waals surface area contributed by atoms with Gasteiger partial charge in [-0.2, -0.15) is 0 Å². The molecule has 1 unspecified atom stereocenters. The molecule has 0 fully saturated rings. The maximum atomic E-state index is 11.9. The third kappa shape index (κ3) is 4.03. The molecule has 0 aromatic heterocycles. The van der Waals surface area contributed by atoms with Gasteiger partial charge in [-0.15, -0.1) is 11.6 Å². The summed E-state index contributed by atoms with van der Waals surface area (Å²) in [7, 11) is 0. The molecule has 94 valence electrons. The van der Waals surface area contributed by atoms with E-state index in [0.717, 1.165) is 3.57 Å². The lowest BCUT2D eigenvalue weighted by Gasteiger charge is -2.19. The third-order valence-corrected chi connectivity index (χ3v) is 3.74. The summed E-state index contributed by atoms with van der Waals surface area (Å²) >= 11 is 7.79. The van der Waals surface area contributed by atoms with E-state index in [0.29, 0.717) is 11.4 Å². The minimum atomic E-state index is -0.212. The fourth-order valence-electron chi connectivity index (χ4n) is 1.29. The molecule has 3 nitrogen and oxygen atoms in total. The van der Waals surface area contributed by atoms with Crippen LogP contribution < -0.4 is 5.32 Å². The molecule has 0 aliphatic heterocycles. The van der Waals surface area contributed by atoms with Gasteiger partial charge in [-0.3, -0.25) is 4.79 Å². The first-order valence-corrected chi connectivity index (χ1v) is 6.92. The number of nitrogens with one attached hydrogen (secondary N) is 1. The second kappa shape index (κ2) is 6.44. The van der Waals surface area contributed by atoms with Gasteiger partial charge in [-0.25, -0.2) is 0 Å². The Morgan fingerprint density at radius 2 is 2.18 bits per heavy atom. The zero-order valence-corrected chi connectivity index (χ0v) is 12.6. The zero-order valence-electron chi connectivity index (χ0n) is 9.71. The van der Waals surface area contributed by atoms with E-state index in [1.807, 2.05) is 36.4 Å². The van der Waals surface area contributed by atoms with Gasteiger partial charge in [-0.05, 0) is 46.7 Å². The van der Waals surface area contributed by atoms with E-state index in [2.05, 4.69) is 5.32 Å². The van der Waals surface area contributed by atoms with Crippen molar-refractivity contribution in [3.63, 3.8) is 0 Å². The van der Waals surface area contributed by atoms with Crippen LogP contribution in [0.2, 0.25) is 0 Å². The smallest absolute Gasteiger partial charge is 0.251 e. The SMILES string of the molecule is CC(C)C(CCl)NC(=O)c1ccc(I)c(O)c1. The van der Waals surface area contributed by atoms with Gasteiger partial charge in [-0.1, -0.05) is 13.8 Å². The number of carbonyl (C=O) groups excluding carboxylic acids is 1. The maximum Gasteiger partial charge on any atom is 0.251 e. The number of aromatic hydroxyl groups is 1. The quantitative estimate of drug-likeness (QED) is 0.635. The van der Waals surface area contributed by atoms with Gasteiger partial charge in [0.15, 0.2) is 0 Å². The first-order chi connectivity index (χ1) is 7.95. The first-order valence-electron chi connectivity index (χ1n) is 5.31. The van der Waals surface area contributed by atoms with E-state index >= 15 is 0 Å². The lowest BCUT2D eigenvalue weighted by molar-refractivity contribution is 0.0930. The van der Waals surface area contributed by atoms with E-state index < -0.39 is 0 Å². The molecule has 0 spiro atoms. The average molecular weight is 368 g/mol. The van der Waals surface area contributed by atoms with Crippen LogP contribution in [0, 0.1) is 9.49 Å². The van der Waals surface area contributed by atoms with E-state index in [-0.39, 0.29) is 23.6 Å². The highest BCUT2D eigenvalue weighted by Crippen LogP contribution is 2.20. The van der Waals surface area contributed by atoms with Gasteiger partial charge in [0.2, 0.25) is 0 Å². The number of halogens is 2. The van der Waals surface area contributed by atoms with Crippen LogP contribution in [0.5, 0.6) is 5.75 Å². The van der Waals surface area contributed by atoms with Gasteiger partial charge in [0.25, 0.3) is 5.91 Å². The highest BCUT2D eigenvalue weighted by molar-refractivity contribution is 14.1. The predicted octanol–water partition coefficient (Wildman–Crippen LogP) is 2.99. The fraction of sp³-hybridized carbons (Fsp3) is 0.417. The number of hydrogen-bond donors (Lipinski definition) is 2. The van der Waals surface area contributed by atoms with E-state index in [1.54, 1.807) is 12.1 Å². The molecule has 1 rings (SSSR count). The van der Waals surface area contributed by atoms with Crippen molar-refractivity contribution < 1.29 is 9.90 Å². The summed E-state index contributed by atoms with van der Waals surface area (Å²) in [6.07, 6.45) is 0. The Morgan fingerprint density at radius 3 is 2.65 bits per heavy atom. The minimum absolute atomic E-state index is 0.0643.